The third kappa shape index (κ3) is 4.26. The number of hydrogen-bond donors (Lipinski definition) is 1. The topological polar surface area (TPSA) is 79.4 Å². The van der Waals surface area contributed by atoms with Crippen LogP contribution >= 0.6 is 15.9 Å². The smallest absolute Gasteiger partial charge is 0.253 e. The van der Waals surface area contributed by atoms with Gasteiger partial charge >= 0.3 is 0 Å². The largest absolute Gasteiger partial charge is 0.349 e. The lowest BCUT2D eigenvalue weighted by Crippen LogP contribution is -2.46. The van der Waals surface area contributed by atoms with Crippen molar-refractivity contribution < 1.29 is 13.2 Å². The molecule has 6 nitrogen and oxygen atoms in total. The molecular formula is C17H18BrN3O3S. The maximum atomic E-state index is 12.7. The second kappa shape index (κ2) is 7.63. The van der Waals surface area contributed by atoms with Crippen LogP contribution in [-0.4, -0.2) is 42.7 Å². The van der Waals surface area contributed by atoms with Crippen LogP contribution in [-0.2, 0) is 10.0 Å². The third-order valence-electron chi connectivity index (χ3n) is 4.16. The Bertz CT molecular complexity index is 833. The molecule has 1 amide bonds. The number of sulfonamides is 1. The van der Waals surface area contributed by atoms with E-state index in [9.17, 15) is 13.2 Å². The number of piperidine rings is 1. The number of aromatic nitrogens is 1. The molecule has 3 rings (SSSR count). The van der Waals surface area contributed by atoms with Crippen LogP contribution in [0.2, 0.25) is 0 Å². The lowest BCUT2D eigenvalue weighted by molar-refractivity contribution is 0.0923. The Morgan fingerprint density at radius 1 is 1.16 bits per heavy atom. The molecule has 1 saturated heterocycles. The molecule has 1 aromatic carbocycles. The first-order valence-electron chi connectivity index (χ1n) is 7.93. The average molecular weight is 424 g/mol. The van der Waals surface area contributed by atoms with Crippen molar-refractivity contribution in [2.45, 2.75) is 23.8 Å². The zero-order valence-corrected chi connectivity index (χ0v) is 15.8. The van der Waals surface area contributed by atoms with Crippen molar-refractivity contribution in [2.24, 2.45) is 0 Å². The minimum atomic E-state index is -3.49. The number of hydrogen-bond acceptors (Lipinski definition) is 4. The molecule has 1 N–H and O–H groups in total. The highest BCUT2D eigenvalue weighted by Gasteiger charge is 2.30. The van der Waals surface area contributed by atoms with Crippen molar-refractivity contribution in [2.75, 3.05) is 13.1 Å². The Labute approximate surface area is 155 Å². The lowest BCUT2D eigenvalue weighted by Gasteiger charge is -2.31. The summed E-state index contributed by atoms with van der Waals surface area (Å²) in [4.78, 5) is 16.4. The SMILES string of the molecule is O=C(NC1CCN(S(=O)(=O)c2ccc(Br)cc2)CC1)c1cccnc1. The summed E-state index contributed by atoms with van der Waals surface area (Å²) in [5.41, 5.74) is 0.507. The van der Waals surface area contributed by atoms with Crippen LogP contribution in [0.15, 0.2) is 58.2 Å². The van der Waals surface area contributed by atoms with Gasteiger partial charge in [0.05, 0.1) is 10.5 Å². The van der Waals surface area contributed by atoms with E-state index >= 15 is 0 Å². The van der Waals surface area contributed by atoms with E-state index in [0.717, 1.165) is 4.47 Å². The first-order chi connectivity index (χ1) is 12.0. The number of nitrogens with one attached hydrogen (secondary N) is 1. The second-order valence-corrected chi connectivity index (χ2v) is 8.70. The second-order valence-electron chi connectivity index (χ2n) is 5.85. The molecular weight excluding hydrogens is 406 g/mol. The van der Waals surface area contributed by atoms with Crippen LogP contribution in [0.5, 0.6) is 0 Å². The number of carbonyl (C=O) groups is 1. The third-order valence-corrected chi connectivity index (χ3v) is 6.61. The van der Waals surface area contributed by atoms with E-state index in [2.05, 4.69) is 26.2 Å². The number of pyridine rings is 1. The molecule has 0 spiro atoms. The minimum Gasteiger partial charge on any atom is -0.349 e. The number of nitrogens with zero attached hydrogens (tertiary/aromatic N) is 2. The van der Waals surface area contributed by atoms with E-state index in [-0.39, 0.29) is 16.8 Å². The van der Waals surface area contributed by atoms with Gasteiger partial charge in [0.2, 0.25) is 10.0 Å². The number of rotatable bonds is 4. The van der Waals surface area contributed by atoms with E-state index in [1.165, 1.54) is 10.5 Å². The highest BCUT2D eigenvalue weighted by molar-refractivity contribution is 9.10. The number of halogens is 1. The predicted octanol–water partition coefficient (Wildman–Crippen LogP) is 2.43. The molecule has 0 bridgehead atoms. The van der Waals surface area contributed by atoms with Gasteiger partial charge < -0.3 is 5.32 Å². The standard InChI is InChI=1S/C17H18BrN3O3S/c18-14-3-5-16(6-4-14)25(23,24)21-10-7-15(8-11-21)20-17(22)13-2-1-9-19-12-13/h1-6,9,12,15H,7-8,10-11H2,(H,20,22). The summed E-state index contributed by atoms with van der Waals surface area (Å²) in [6.45, 7) is 0.771. The summed E-state index contributed by atoms with van der Waals surface area (Å²) >= 11 is 3.31. The van der Waals surface area contributed by atoms with Crippen LogP contribution in [0.3, 0.4) is 0 Å². The maximum absolute atomic E-state index is 12.7. The van der Waals surface area contributed by atoms with Crippen molar-refractivity contribution in [3.63, 3.8) is 0 Å². The van der Waals surface area contributed by atoms with Gasteiger partial charge in [-0.05, 0) is 49.2 Å². The normalized spacial score (nSPS) is 16.5. The monoisotopic (exact) mass is 423 g/mol. The molecule has 8 heteroatoms. The Balaban J connectivity index is 1.60. The molecule has 0 radical (unpaired) electrons. The molecule has 1 aliphatic heterocycles. The number of amides is 1. The van der Waals surface area contributed by atoms with E-state index < -0.39 is 10.0 Å². The summed E-state index contributed by atoms with van der Waals surface area (Å²) in [5, 5.41) is 2.95. The zero-order chi connectivity index (χ0) is 17.9. The first kappa shape index (κ1) is 18.0. The van der Waals surface area contributed by atoms with Crippen LogP contribution < -0.4 is 5.32 Å². The molecule has 0 atom stereocenters. The number of benzene rings is 1. The quantitative estimate of drug-likeness (QED) is 0.818. The minimum absolute atomic E-state index is 0.0379. The van der Waals surface area contributed by atoms with Gasteiger partial charge in [0, 0.05) is 36.0 Å². The van der Waals surface area contributed by atoms with Gasteiger partial charge in [-0.2, -0.15) is 4.31 Å². The highest BCUT2D eigenvalue weighted by atomic mass is 79.9. The van der Waals surface area contributed by atoms with Crippen molar-refractivity contribution in [3.05, 3.63) is 58.8 Å². The molecule has 2 aromatic rings. The lowest BCUT2D eigenvalue weighted by atomic mass is 10.1. The summed E-state index contributed by atoms with van der Waals surface area (Å²) < 4.78 is 27.6. The van der Waals surface area contributed by atoms with Crippen LogP contribution in [0.4, 0.5) is 0 Å². The summed E-state index contributed by atoms with van der Waals surface area (Å²) in [6.07, 6.45) is 4.30. The predicted molar refractivity (Wildman–Crippen MR) is 97.6 cm³/mol. The fourth-order valence-corrected chi connectivity index (χ4v) is 4.50. The van der Waals surface area contributed by atoms with Crippen molar-refractivity contribution >= 4 is 31.9 Å². The van der Waals surface area contributed by atoms with Crippen molar-refractivity contribution in [1.82, 2.24) is 14.6 Å². The van der Waals surface area contributed by atoms with Gasteiger partial charge in [0.25, 0.3) is 5.91 Å². The van der Waals surface area contributed by atoms with Crippen molar-refractivity contribution in [1.29, 1.82) is 0 Å². The van der Waals surface area contributed by atoms with Gasteiger partial charge in [0.15, 0.2) is 0 Å². The molecule has 1 aliphatic rings. The molecule has 0 aliphatic carbocycles. The van der Waals surface area contributed by atoms with Gasteiger partial charge in [-0.1, -0.05) is 15.9 Å². The molecule has 132 valence electrons. The van der Waals surface area contributed by atoms with E-state index in [1.807, 2.05) is 0 Å². The van der Waals surface area contributed by atoms with Crippen LogP contribution in [0, 0.1) is 0 Å². The first-order valence-corrected chi connectivity index (χ1v) is 10.2. The fraction of sp³-hybridized carbons (Fsp3) is 0.294. The molecule has 0 saturated carbocycles. The van der Waals surface area contributed by atoms with Gasteiger partial charge in [-0.3, -0.25) is 9.78 Å². The maximum Gasteiger partial charge on any atom is 0.253 e. The van der Waals surface area contributed by atoms with Gasteiger partial charge in [0.1, 0.15) is 0 Å². The Kier molecular flexibility index (Phi) is 5.51. The van der Waals surface area contributed by atoms with Gasteiger partial charge in [-0.25, -0.2) is 8.42 Å². The van der Waals surface area contributed by atoms with Crippen LogP contribution in [0.1, 0.15) is 23.2 Å². The Hall–Kier alpha value is -1.77. The van der Waals surface area contributed by atoms with Gasteiger partial charge in [-0.15, -0.1) is 0 Å². The summed E-state index contributed by atoms with van der Waals surface area (Å²) in [7, 11) is -3.49. The molecule has 2 heterocycles. The fourth-order valence-electron chi connectivity index (χ4n) is 2.76. The van der Waals surface area contributed by atoms with Crippen molar-refractivity contribution in [3.8, 4) is 0 Å². The average Bonchev–Trinajstić information content (AvgIpc) is 2.63. The zero-order valence-electron chi connectivity index (χ0n) is 13.4. The summed E-state index contributed by atoms with van der Waals surface area (Å²) in [5.74, 6) is -0.178. The summed E-state index contributed by atoms with van der Waals surface area (Å²) in [6, 6.07) is 9.99. The molecule has 25 heavy (non-hydrogen) atoms. The molecule has 1 aromatic heterocycles. The van der Waals surface area contributed by atoms with E-state index in [4.69, 9.17) is 0 Å². The number of carbonyl (C=O) groups excluding carboxylic acids is 1. The Morgan fingerprint density at radius 2 is 1.84 bits per heavy atom. The Morgan fingerprint density at radius 3 is 2.44 bits per heavy atom. The molecule has 1 fully saturated rings. The van der Waals surface area contributed by atoms with Crippen LogP contribution in [0.25, 0.3) is 0 Å². The van der Waals surface area contributed by atoms with E-state index in [1.54, 1.807) is 42.6 Å². The molecule has 0 unspecified atom stereocenters. The highest BCUT2D eigenvalue weighted by Crippen LogP contribution is 2.22. The van der Waals surface area contributed by atoms with E-state index in [0.29, 0.717) is 31.5 Å².